The molecule has 1 fully saturated rings. The zero-order valence-electron chi connectivity index (χ0n) is 16.6. The molecule has 1 aliphatic rings. The number of nitrogens with one attached hydrogen (secondary N) is 2. The van der Waals surface area contributed by atoms with E-state index < -0.39 is 17.4 Å². The highest BCUT2D eigenvalue weighted by molar-refractivity contribution is 6.04. The van der Waals surface area contributed by atoms with Gasteiger partial charge in [-0.3, -0.25) is 19.7 Å². The molecule has 2 aromatic rings. The third-order valence-electron chi connectivity index (χ3n) is 4.85. The lowest BCUT2D eigenvalue weighted by molar-refractivity contribution is -0.385. The highest BCUT2D eigenvalue weighted by Gasteiger charge is 2.20. The van der Waals surface area contributed by atoms with Gasteiger partial charge < -0.3 is 20.1 Å². The molecule has 0 radical (unpaired) electrons. The molecule has 0 aliphatic heterocycles. The SMILES string of the molecule is COc1ccc([N+](=O)[O-])cc1OCC(=O)Nc1ccccc1C(=O)NC1CCCC1. The molecule has 2 aromatic carbocycles. The van der Waals surface area contributed by atoms with Gasteiger partial charge in [0.15, 0.2) is 18.1 Å². The Morgan fingerprint density at radius 1 is 1.13 bits per heavy atom. The van der Waals surface area contributed by atoms with Crippen molar-refractivity contribution in [1.82, 2.24) is 5.32 Å². The zero-order valence-corrected chi connectivity index (χ0v) is 16.6. The topological polar surface area (TPSA) is 120 Å². The molecule has 0 aromatic heterocycles. The number of benzene rings is 2. The zero-order chi connectivity index (χ0) is 21.5. The van der Waals surface area contributed by atoms with Crippen molar-refractivity contribution in [3.05, 3.63) is 58.1 Å². The Kier molecular flexibility index (Phi) is 6.84. The van der Waals surface area contributed by atoms with Crippen molar-refractivity contribution in [1.29, 1.82) is 0 Å². The van der Waals surface area contributed by atoms with Crippen molar-refractivity contribution < 1.29 is 24.0 Å². The summed E-state index contributed by atoms with van der Waals surface area (Å²) in [6, 6.07) is 10.7. The van der Waals surface area contributed by atoms with Crippen LogP contribution in [0.3, 0.4) is 0 Å². The molecule has 1 aliphatic carbocycles. The van der Waals surface area contributed by atoms with Crippen LogP contribution >= 0.6 is 0 Å². The lowest BCUT2D eigenvalue weighted by Crippen LogP contribution is -2.33. The maximum absolute atomic E-state index is 12.6. The number of ether oxygens (including phenoxy) is 2. The number of hydrogen-bond acceptors (Lipinski definition) is 6. The number of hydrogen-bond donors (Lipinski definition) is 2. The second kappa shape index (κ2) is 9.73. The molecule has 0 unspecified atom stereocenters. The summed E-state index contributed by atoms with van der Waals surface area (Å²) in [5.41, 5.74) is 0.554. The standard InChI is InChI=1S/C21H23N3O6/c1-29-18-11-10-15(24(27)28)12-19(18)30-13-20(25)23-17-9-5-4-8-16(17)21(26)22-14-6-2-3-7-14/h4-5,8-12,14H,2-3,6-7,13H2,1H3,(H,22,26)(H,23,25). The molecular weight excluding hydrogens is 390 g/mol. The molecule has 1 saturated carbocycles. The van der Waals surface area contributed by atoms with Crippen LogP contribution < -0.4 is 20.1 Å². The van der Waals surface area contributed by atoms with Gasteiger partial charge in [0.2, 0.25) is 0 Å². The highest BCUT2D eigenvalue weighted by atomic mass is 16.6. The molecule has 3 rings (SSSR count). The molecule has 9 nitrogen and oxygen atoms in total. The molecule has 2 N–H and O–H groups in total. The molecular formula is C21H23N3O6. The summed E-state index contributed by atoms with van der Waals surface area (Å²) in [5, 5.41) is 16.6. The molecule has 9 heteroatoms. The lowest BCUT2D eigenvalue weighted by atomic mass is 10.1. The predicted octanol–water partition coefficient (Wildman–Crippen LogP) is 3.29. The average Bonchev–Trinajstić information content (AvgIpc) is 3.25. The minimum atomic E-state index is -0.564. The largest absolute Gasteiger partial charge is 0.493 e. The van der Waals surface area contributed by atoms with Crippen LogP contribution in [0.25, 0.3) is 0 Å². The first kappa shape index (κ1) is 21.1. The molecule has 0 heterocycles. The summed E-state index contributed by atoms with van der Waals surface area (Å²) in [6.07, 6.45) is 4.11. The second-order valence-corrected chi connectivity index (χ2v) is 6.93. The van der Waals surface area contributed by atoms with Gasteiger partial charge in [0.25, 0.3) is 17.5 Å². The van der Waals surface area contributed by atoms with Gasteiger partial charge in [-0.15, -0.1) is 0 Å². The number of nitro benzene ring substituents is 1. The Bertz CT molecular complexity index is 940. The molecule has 0 spiro atoms. The van der Waals surface area contributed by atoms with Crippen LogP contribution in [0.1, 0.15) is 36.0 Å². The van der Waals surface area contributed by atoms with Gasteiger partial charge in [0.05, 0.1) is 29.4 Å². The van der Waals surface area contributed by atoms with Gasteiger partial charge in [-0.2, -0.15) is 0 Å². The highest BCUT2D eigenvalue weighted by Crippen LogP contribution is 2.31. The monoisotopic (exact) mass is 413 g/mol. The summed E-state index contributed by atoms with van der Waals surface area (Å²) >= 11 is 0. The van der Waals surface area contributed by atoms with E-state index in [0.29, 0.717) is 11.3 Å². The average molecular weight is 413 g/mol. The van der Waals surface area contributed by atoms with Gasteiger partial charge in [-0.05, 0) is 31.0 Å². The molecule has 0 saturated heterocycles. The first-order chi connectivity index (χ1) is 14.5. The van der Waals surface area contributed by atoms with Crippen LogP contribution in [0, 0.1) is 10.1 Å². The Morgan fingerprint density at radius 3 is 2.57 bits per heavy atom. The Balaban J connectivity index is 1.65. The number of amides is 2. The van der Waals surface area contributed by atoms with Gasteiger partial charge in [-0.25, -0.2) is 0 Å². The number of carbonyl (C=O) groups is 2. The van der Waals surface area contributed by atoms with E-state index in [1.165, 1.54) is 25.3 Å². The maximum Gasteiger partial charge on any atom is 0.273 e. The smallest absolute Gasteiger partial charge is 0.273 e. The fourth-order valence-corrected chi connectivity index (χ4v) is 3.34. The summed E-state index contributed by atoms with van der Waals surface area (Å²) < 4.78 is 10.5. The van der Waals surface area contributed by atoms with E-state index in [2.05, 4.69) is 10.6 Å². The summed E-state index contributed by atoms with van der Waals surface area (Å²) in [4.78, 5) is 35.4. The van der Waals surface area contributed by atoms with E-state index in [0.717, 1.165) is 25.7 Å². The van der Waals surface area contributed by atoms with Crippen LogP contribution in [0.4, 0.5) is 11.4 Å². The summed E-state index contributed by atoms with van der Waals surface area (Å²) in [7, 11) is 1.40. The van der Waals surface area contributed by atoms with Crippen molar-refractivity contribution >= 4 is 23.2 Å². The first-order valence-corrected chi connectivity index (χ1v) is 9.63. The summed E-state index contributed by atoms with van der Waals surface area (Å²) in [5.74, 6) is -0.400. The van der Waals surface area contributed by atoms with Crippen molar-refractivity contribution in [3.63, 3.8) is 0 Å². The van der Waals surface area contributed by atoms with Crippen molar-refractivity contribution in [2.75, 3.05) is 19.0 Å². The van der Waals surface area contributed by atoms with E-state index in [4.69, 9.17) is 9.47 Å². The number of rotatable bonds is 8. The maximum atomic E-state index is 12.6. The Morgan fingerprint density at radius 2 is 1.87 bits per heavy atom. The van der Waals surface area contributed by atoms with Gasteiger partial charge in [0, 0.05) is 12.1 Å². The van der Waals surface area contributed by atoms with E-state index >= 15 is 0 Å². The van der Waals surface area contributed by atoms with Crippen LogP contribution in [0.15, 0.2) is 42.5 Å². The number of carbonyl (C=O) groups excluding carboxylic acids is 2. The Labute approximate surface area is 173 Å². The molecule has 0 atom stereocenters. The third-order valence-corrected chi connectivity index (χ3v) is 4.85. The van der Waals surface area contributed by atoms with Crippen LogP contribution in [-0.4, -0.2) is 36.5 Å². The minimum Gasteiger partial charge on any atom is -0.493 e. The van der Waals surface area contributed by atoms with Crippen molar-refractivity contribution in [2.24, 2.45) is 0 Å². The van der Waals surface area contributed by atoms with E-state index in [9.17, 15) is 19.7 Å². The Hall–Kier alpha value is -3.62. The fraction of sp³-hybridized carbons (Fsp3) is 0.333. The van der Waals surface area contributed by atoms with E-state index in [1.807, 2.05) is 0 Å². The van der Waals surface area contributed by atoms with Crippen LogP contribution in [0.2, 0.25) is 0 Å². The van der Waals surface area contributed by atoms with E-state index in [1.54, 1.807) is 24.3 Å². The number of methoxy groups -OCH3 is 1. The molecule has 30 heavy (non-hydrogen) atoms. The van der Waals surface area contributed by atoms with E-state index in [-0.39, 0.29) is 29.1 Å². The number of nitro groups is 1. The second-order valence-electron chi connectivity index (χ2n) is 6.93. The quantitative estimate of drug-likeness (QED) is 0.506. The minimum absolute atomic E-state index is 0.0779. The first-order valence-electron chi connectivity index (χ1n) is 9.63. The molecule has 2 amide bonds. The normalized spacial score (nSPS) is 13.5. The van der Waals surface area contributed by atoms with Crippen LogP contribution in [-0.2, 0) is 4.79 Å². The third kappa shape index (κ3) is 5.25. The van der Waals surface area contributed by atoms with Crippen LogP contribution in [0.5, 0.6) is 11.5 Å². The van der Waals surface area contributed by atoms with Crippen molar-refractivity contribution in [2.45, 2.75) is 31.7 Å². The number of nitrogens with zero attached hydrogens (tertiary/aromatic N) is 1. The predicted molar refractivity (Wildman–Crippen MR) is 110 cm³/mol. The van der Waals surface area contributed by atoms with Crippen molar-refractivity contribution in [3.8, 4) is 11.5 Å². The van der Waals surface area contributed by atoms with Gasteiger partial charge in [-0.1, -0.05) is 25.0 Å². The summed E-state index contributed by atoms with van der Waals surface area (Å²) in [6.45, 7) is -0.407. The lowest BCUT2D eigenvalue weighted by Gasteiger charge is -2.15. The molecule has 0 bridgehead atoms. The van der Waals surface area contributed by atoms with Gasteiger partial charge in [0.1, 0.15) is 0 Å². The van der Waals surface area contributed by atoms with Gasteiger partial charge >= 0.3 is 0 Å². The fourth-order valence-electron chi connectivity index (χ4n) is 3.34. The molecule has 158 valence electrons. The number of para-hydroxylation sites is 1. The number of anilines is 1. The number of non-ortho nitro benzene ring substituents is 1.